The summed E-state index contributed by atoms with van der Waals surface area (Å²) in [6, 6.07) is 7.48. The van der Waals surface area contributed by atoms with Crippen LogP contribution >= 0.6 is 0 Å². The van der Waals surface area contributed by atoms with Gasteiger partial charge in [-0.25, -0.2) is 0 Å². The van der Waals surface area contributed by atoms with Gasteiger partial charge in [0.15, 0.2) is 0 Å². The maximum Gasteiger partial charge on any atom is 0.325 e. The van der Waals surface area contributed by atoms with Crippen molar-refractivity contribution in [3.8, 4) is 11.5 Å². The van der Waals surface area contributed by atoms with Crippen molar-refractivity contribution in [2.45, 2.75) is 39.2 Å². The summed E-state index contributed by atoms with van der Waals surface area (Å²) >= 11 is 0. The average Bonchev–Trinajstić information content (AvgIpc) is 2.45. The zero-order valence-corrected chi connectivity index (χ0v) is 13.1. The highest BCUT2D eigenvalue weighted by molar-refractivity contribution is 5.79. The number of ether oxygens (including phenoxy) is 3. The average molecular weight is 295 g/mol. The van der Waals surface area contributed by atoms with E-state index in [9.17, 15) is 4.79 Å². The first-order chi connectivity index (χ1) is 9.99. The van der Waals surface area contributed by atoms with E-state index in [2.05, 4.69) is 0 Å². The van der Waals surface area contributed by atoms with Gasteiger partial charge in [-0.1, -0.05) is 6.07 Å². The first-order valence-electron chi connectivity index (χ1n) is 7.31. The molecule has 2 N–H and O–H groups in total. The molecule has 5 heteroatoms. The molecule has 0 aliphatic rings. The van der Waals surface area contributed by atoms with Gasteiger partial charge in [-0.2, -0.15) is 0 Å². The lowest BCUT2D eigenvalue weighted by Crippen LogP contribution is -2.46. The lowest BCUT2D eigenvalue weighted by Gasteiger charge is -2.22. The Hall–Kier alpha value is -1.75. The van der Waals surface area contributed by atoms with E-state index in [1.54, 1.807) is 13.8 Å². The molecule has 1 aromatic carbocycles. The van der Waals surface area contributed by atoms with E-state index >= 15 is 0 Å². The van der Waals surface area contributed by atoms with Crippen LogP contribution in [0.25, 0.3) is 0 Å². The third-order valence-electron chi connectivity index (χ3n) is 2.97. The third-order valence-corrected chi connectivity index (χ3v) is 2.97. The number of hydrogen-bond acceptors (Lipinski definition) is 5. The monoisotopic (exact) mass is 295 g/mol. The molecule has 1 unspecified atom stereocenters. The number of esters is 1. The Balaban J connectivity index is 2.36. The fourth-order valence-electron chi connectivity index (χ4n) is 1.85. The standard InChI is InChI=1S/C16H25NO4/c1-4-19-13-8-6-9-14(12-13)21-11-7-10-16(3,17)15(18)20-5-2/h6,8-9,12H,4-5,7,10-11,17H2,1-3H3. The van der Waals surface area contributed by atoms with Crippen LogP contribution in [0.2, 0.25) is 0 Å². The van der Waals surface area contributed by atoms with E-state index in [0.29, 0.717) is 32.7 Å². The highest BCUT2D eigenvalue weighted by Gasteiger charge is 2.29. The van der Waals surface area contributed by atoms with E-state index in [1.165, 1.54) is 0 Å². The van der Waals surface area contributed by atoms with Gasteiger partial charge < -0.3 is 19.9 Å². The second-order valence-corrected chi connectivity index (χ2v) is 5.00. The van der Waals surface area contributed by atoms with Gasteiger partial charge >= 0.3 is 5.97 Å². The second kappa shape index (κ2) is 8.52. The zero-order chi connectivity index (χ0) is 15.7. The summed E-state index contributed by atoms with van der Waals surface area (Å²) in [5.41, 5.74) is 4.97. The molecule has 0 saturated carbocycles. The first-order valence-corrected chi connectivity index (χ1v) is 7.31. The van der Waals surface area contributed by atoms with Crippen LogP contribution in [-0.2, 0) is 9.53 Å². The van der Waals surface area contributed by atoms with Crippen LogP contribution in [0.3, 0.4) is 0 Å². The van der Waals surface area contributed by atoms with Gasteiger partial charge in [0, 0.05) is 6.07 Å². The fourth-order valence-corrected chi connectivity index (χ4v) is 1.85. The van der Waals surface area contributed by atoms with Gasteiger partial charge in [0.1, 0.15) is 17.0 Å². The summed E-state index contributed by atoms with van der Waals surface area (Å²) in [7, 11) is 0. The van der Waals surface area contributed by atoms with Crippen molar-refractivity contribution in [1.82, 2.24) is 0 Å². The van der Waals surface area contributed by atoms with Crippen molar-refractivity contribution in [2.24, 2.45) is 5.73 Å². The molecular formula is C16H25NO4. The molecule has 1 rings (SSSR count). The Kier molecular flexibility index (Phi) is 7.02. The molecule has 0 radical (unpaired) electrons. The molecule has 0 amide bonds. The largest absolute Gasteiger partial charge is 0.494 e. The molecular weight excluding hydrogens is 270 g/mol. The van der Waals surface area contributed by atoms with E-state index < -0.39 is 5.54 Å². The van der Waals surface area contributed by atoms with Gasteiger partial charge in [0.05, 0.1) is 19.8 Å². The Morgan fingerprint density at radius 1 is 1.19 bits per heavy atom. The molecule has 0 fully saturated rings. The molecule has 0 aliphatic heterocycles. The minimum Gasteiger partial charge on any atom is -0.494 e. The van der Waals surface area contributed by atoms with Crippen molar-refractivity contribution < 1.29 is 19.0 Å². The number of benzene rings is 1. The number of rotatable bonds is 9. The lowest BCUT2D eigenvalue weighted by molar-refractivity contribution is -0.149. The number of carbonyl (C=O) groups is 1. The van der Waals surface area contributed by atoms with Gasteiger partial charge in [-0.05, 0) is 45.7 Å². The van der Waals surface area contributed by atoms with Gasteiger partial charge in [-0.15, -0.1) is 0 Å². The maximum absolute atomic E-state index is 11.6. The van der Waals surface area contributed by atoms with Crippen molar-refractivity contribution in [3.63, 3.8) is 0 Å². The van der Waals surface area contributed by atoms with Crippen LogP contribution in [0.1, 0.15) is 33.6 Å². The zero-order valence-electron chi connectivity index (χ0n) is 13.1. The predicted octanol–water partition coefficient (Wildman–Crippen LogP) is 2.52. The molecule has 118 valence electrons. The number of hydrogen-bond donors (Lipinski definition) is 1. The normalized spacial score (nSPS) is 13.3. The van der Waals surface area contributed by atoms with E-state index in [-0.39, 0.29) is 5.97 Å². The third kappa shape index (κ3) is 6.04. The van der Waals surface area contributed by atoms with Crippen LogP contribution in [0, 0.1) is 0 Å². The summed E-state index contributed by atoms with van der Waals surface area (Å²) in [6.45, 7) is 6.83. The van der Waals surface area contributed by atoms with Crippen LogP contribution in [-0.4, -0.2) is 31.3 Å². The molecule has 0 bridgehead atoms. The number of nitrogens with two attached hydrogens (primary N) is 1. The van der Waals surface area contributed by atoms with Crippen LogP contribution < -0.4 is 15.2 Å². The summed E-state index contributed by atoms with van der Waals surface area (Å²) in [6.07, 6.45) is 1.18. The SMILES string of the molecule is CCOC(=O)C(C)(N)CCCOc1cccc(OCC)c1. The van der Waals surface area contributed by atoms with Gasteiger partial charge in [0.2, 0.25) is 0 Å². The molecule has 1 atom stereocenters. The van der Waals surface area contributed by atoms with E-state index in [1.807, 2.05) is 31.2 Å². The predicted molar refractivity (Wildman–Crippen MR) is 81.6 cm³/mol. The Morgan fingerprint density at radius 3 is 2.48 bits per heavy atom. The summed E-state index contributed by atoms with van der Waals surface area (Å²) in [5, 5.41) is 0. The molecule has 0 spiro atoms. The van der Waals surface area contributed by atoms with E-state index in [4.69, 9.17) is 19.9 Å². The quantitative estimate of drug-likeness (QED) is 0.560. The van der Waals surface area contributed by atoms with Crippen LogP contribution in [0.5, 0.6) is 11.5 Å². The van der Waals surface area contributed by atoms with Crippen molar-refractivity contribution in [1.29, 1.82) is 0 Å². The first kappa shape index (κ1) is 17.3. The minimum atomic E-state index is -0.966. The second-order valence-electron chi connectivity index (χ2n) is 5.00. The lowest BCUT2D eigenvalue weighted by atomic mass is 9.98. The van der Waals surface area contributed by atoms with Crippen LogP contribution in [0.4, 0.5) is 0 Å². The van der Waals surface area contributed by atoms with Crippen LogP contribution in [0.15, 0.2) is 24.3 Å². The van der Waals surface area contributed by atoms with E-state index in [0.717, 1.165) is 11.5 Å². The smallest absolute Gasteiger partial charge is 0.325 e. The topological polar surface area (TPSA) is 70.8 Å². The van der Waals surface area contributed by atoms with Gasteiger partial charge in [0.25, 0.3) is 0 Å². The molecule has 5 nitrogen and oxygen atoms in total. The molecule has 21 heavy (non-hydrogen) atoms. The minimum absolute atomic E-state index is 0.340. The molecule has 0 heterocycles. The fraction of sp³-hybridized carbons (Fsp3) is 0.562. The Bertz CT molecular complexity index is 446. The van der Waals surface area contributed by atoms with Crippen molar-refractivity contribution in [3.05, 3.63) is 24.3 Å². The highest BCUT2D eigenvalue weighted by Crippen LogP contribution is 2.20. The van der Waals surface area contributed by atoms with Gasteiger partial charge in [-0.3, -0.25) is 4.79 Å². The summed E-state index contributed by atoms with van der Waals surface area (Å²) in [5.74, 6) is 1.16. The summed E-state index contributed by atoms with van der Waals surface area (Å²) < 4.78 is 16.0. The maximum atomic E-state index is 11.6. The highest BCUT2D eigenvalue weighted by atomic mass is 16.5. The molecule has 0 aliphatic carbocycles. The molecule has 1 aromatic rings. The molecule has 0 aromatic heterocycles. The summed E-state index contributed by atoms with van der Waals surface area (Å²) in [4.78, 5) is 11.6. The Morgan fingerprint density at radius 2 is 1.86 bits per heavy atom. The van der Waals surface area contributed by atoms with Crippen molar-refractivity contribution in [2.75, 3.05) is 19.8 Å². The molecule has 0 saturated heterocycles. The number of carbonyl (C=O) groups excluding carboxylic acids is 1. The van der Waals surface area contributed by atoms with Crippen molar-refractivity contribution >= 4 is 5.97 Å². The Labute approximate surface area is 126 Å².